The lowest BCUT2D eigenvalue weighted by Gasteiger charge is -2.36. The zero-order chi connectivity index (χ0) is 15.7. The maximum absolute atomic E-state index is 12.6. The van der Waals surface area contributed by atoms with Crippen molar-refractivity contribution in [3.05, 3.63) is 16.9 Å². The average Bonchev–Trinajstić information content (AvgIpc) is 3.08. The highest BCUT2D eigenvalue weighted by atomic mass is 35.5. The molecule has 0 saturated carbocycles. The third kappa shape index (κ3) is 3.14. The molecule has 22 heavy (non-hydrogen) atoms. The molecule has 6 nitrogen and oxygen atoms in total. The summed E-state index contributed by atoms with van der Waals surface area (Å²) in [5.74, 6) is 0.304. The molecule has 1 amide bonds. The van der Waals surface area contributed by atoms with E-state index < -0.39 is 0 Å². The Morgan fingerprint density at radius 3 is 2.55 bits per heavy atom. The number of carbonyl (C=O) groups is 1. The first-order valence-electron chi connectivity index (χ1n) is 7.94. The predicted octanol–water partition coefficient (Wildman–Crippen LogP) is 0.812. The molecule has 3 rings (SSSR count). The van der Waals surface area contributed by atoms with Crippen molar-refractivity contribution >= 4 is 17.5 Å². The smallest absolute Gasteiger partial charge is 0.240 e. The second kappa shape index (κ2) is 6.56. The largest absolute Gasteiger partial charge is 0.339 e. The SMILES string of the molecule is CN1CCC[C@@H]1C(=O)N1CCN(Cc2c(Cl)cnn2C)CC1. The maximum Gasteiger partial charge on any atom is 0.240 e. The molecule has 0 unspecified atom stereocenters. The third-order valence-electron chi connectivity index (χ3n) is 4.87. The van der Waals surface area contributed by atoms with Crippen LogP contribution in [0.4, 0.5) is 0 Å². The molecule has 2 aliphatic heterocycles. The number of nitrogens with zero attached hydrogens (tertiary/aromatic N) is 5. The second-order valence-electron chi connectivity index (χ2n) is 6.30. The number of piperazine rings is 1. The lowest BCUT2D eigenvalue weighted by Crippen LogP contribution is -2.53. The fraction of sp³-hybridized carbons (Fsp3) is 0.733. The molecule has 7 heteroatoms. The molecule has 0 aliphatic carbocycles. The summed E-state index contributed by atoms with van der Waals surface area (Å²) in [6, 6.07) is 0.0954. The highest BCUT2D eigenvalue weighted by Gasteiger charge is 2.32. The van der Waals surface area contributed by atoms with Gasteiger partial charge in [-0.15, -0.1) is 0 Å². The number of likely N-dealkylation sites (N-methyl/N-ethyl adjacent to an activating group) is 1. The Hall–Kier alpha value is -1.11. The van der Waals surface area contributed by atoms with E-state index in [1.807, 2.05) is 16.6 Å². The number of hydrogen-bond donors (Lipinski definition) is 0. The molecule has 122 valence electrons. The van der Waals surface area contributed by atoms with Crippen molar-refractivity contribution in [2.45, 2.75) is 25.4 Å². The average molecular weight is 326 g/mol. The Balaban J connectivity index is 1.53. The van der Waals surface area contributed by atoms with E-state index in [2.05, 4.69) is 21.9 Å². The van der Waals surface area contributed by atoms with Crippen molar-refractivity contribution in [3.63, 3.8) is 0 Å². The molecular weight excluding hydrogens is 302 g/mol. The monoisotopic (exact) mass is 325 g/mol. The van der Waals surface area contributed by atoms with Gasteiger partial charge in [-0.2, -0.15) is 5.10 Å². The van der Waals surface area contributed by atoms with Crippen LogP contribution in [0.1, 0.15) is 18.5 Å². The van der Waals surface area contributed by atoms with Gasteiger partial charge in [0.15, 0.2) is 0 Å². The van der Waals surface area contributed by atoms with Crippen molar-refractivity contribution in [1.82, 2.24) is 24.5 Å². The summed E-state index contributed by atoms with van der Waals surface area (Å²) >= 11 is 6.17. The summed E-state index contributed by atoms with van der Waals surface area (Å²) in [4.78, 5) is 19.1. The molecular formula is C15H24ClN5O. The Morgan fingerprint density at radius 2 is 2.00 bits per heavy atom. The fourth-order valence-electron chi connectivity index (χ4n) is 3.39. The molecule has 1 aromatic heterocycles. The van der Waals surface area contributed by atoms with Gasteiger partial charge in [-0.05, 0) is 26.4 Å². The van der Waals surface area contributed by atoms with Crippen LogP contribution >= 0.6 is 11.6 Å². The molecule has 0 N–H and O–H groups in total. The van der Waals surface area contributed by atoms with E-state index in [1.54, 1.807) is 6.20 Å². The lowest BCUT2D eigenvalue weighted by atomic mass is 10.1. The van der Waals surface area contributed by atoms with Gasteiger partial charge in [0.1, 0.15) is 0 Å². The first kappa shape index (κ1) is 15.8. The first-order valence-corrected chi connectivity index (χ1v) is 8.32. The number of halogens is 1. The number of aromatic nitrogens is 2. The van der Waals surface area contributed by atoms with Gasteiger partial charge in [-0.25, -0.2) is 0 Å². The van der Waals surface area contributed by atoms with Crippen LogP contribution < -0.4 is 0 Å². The summed E-state index contributed by atoms with van der Waals surface area (Å²) in [6.07, 6.45) is 3.82. The van der Waals surface area contributed by atoms with Crippen LogP contribution in [0, 0.1) is 0 Å². The third-order valence-corrected chi connectivity index (χ3v) is 5.19. The standard InChI is InChI=1S/C15H24ClN5O/c1-18-5-3-4-13(18)15(22)21-8-6-20(7-9-21)11-14-12(16)10-17-19(14)2/h10,13H,3-9,11H2,1-2H3/t13-/m1/s1. The van der Waals surface area contributed by atoms with Gasteiger partial charge >= 0.3 is 0 Å². The van der Waals surface area contributed by atoms with E-state index in [9.17, 15) is 4.79 Å². The highest BCUT2D eigenvalue weighted by molar-refractivity contribution is 6.31. The Labute approximate surface area is 136 Å². The predicted molar refractivity (Wildman–Crippen MR) is 85.7 cm³/mol. The van der Waals surface area contributed by atoms with E-state index in [0.717, 1.165) is 57.8 Å². The molecule has 1 atom stereocenters. The zero-order valence-electron chi connectivity index (χ0n) is 13.3. The van der Waals surface area contributed by atoms with Crippen molar-refractivity contribution in [2.75, 3.05) is 39.8 Å². The first-order chi connectivity index (χ1) is 10.6. The van der Waals surface area contributed by atoms with Crippen LogP contribution in [-0.2, 0) is 18.4 Å². The van der Waals surface area contributed by atoms with E-state index in [1.165, 1.54) is 0 Å². The highest BCUT2D eigenvalue weighted by Crippen LogP contribution is 2.20. The van der Waals surface area contributed by atoms with Gasteiger partial charge in [0.05, 0.1) is 23.0 Å². The zero-order valence-corrected chi connectivity index (χ0v) is 14.1. The van der Waals surface area contributed by atoms with Crippen LogP contribution in [0.25, 0.3) is 0 Å². The lowest BCUT2D eigenvalue weighted by molar-refractivity contribution is -0.137. The van der Waals surface area contributed by atoms with E-state index in [-0.39, 0.29) is 6.04 Å². The quantitative estimate of drug-likeness (QED) is 0.825. The molecule has 0 spiro atoms. The summed E-state index contributed by atoms with van der Waals surface area (Å²) in [7, 11) is 3.97. The fourth-order valence-corrected chi connectivity index (χ4v) is 3.61. The molecule has 0 aromatic carbocycles. The number of likely N-dealkylation sites (tertiary alicyclic amines) is 1. The normalized spacial score (nSPS) is 24.1. The van der Waals surface area contributed by atoms with Gasteiger partial charge in [-0.1, -0.05) is 11.6 Å². The molecule has 3 heterocycles. The Bertz CT molecular complexity index is 519. The van der Waals surface area contributed by atoms with Crippen LogP contribution in [0.15, 0.2) is 6.20 Å². The Morgan fingerprint density at radius 1 is 1.27 bits per heavy atom. The van der Waals surface area contributed by atoms with E-state index in [4.69, 9.17) is 11.6 Å². The minimum Gasteiger partial charge on any atom is -0.339 e. The minimum absolute atomic E-state index is 0.0954. The van der Waals surface area contributed by atoms with Crippen LogP contribution in [0.3, 0.4) is 0 Å². The minimum atomic E-state index is 0.0954. The Kier molecular flexibility index (Phi) is 4.70. The molecule has 0 bridgehead atoms. The van der Waals surface area contributed by atoms with Crippen LogP contribution in [-0.4, -0.2) is 76.2 Å². The number of amides is 1. The van der Waals surface area contributed by atoms with Gasteiger partial charge < -0.3 is 4.90 Å². The van der Waals surface area contributed by atoms with Gasteiger partial charge in [0.2, 0.25) is 5.91 Å². The van der Waals surface area contributed by atoms with Crippen molar-refractivity contribution in [3.8, 4) is 0 Å². The summed E-state index contributed by atoms with van der Waals surface area (Å²) < 4.78 is 1.83. The summed E-state index contributed by atoms with van der Waals surface area (Å²) in [5, 5.41) is 4.89. The van der Waals surface area contributed by atoms with Crippen molar-refractivity contribution in [2.24, 2.45) is 7.05 Å². The van der Waals surface area contributed by atoms with Crippen LogP contribution in [0.5, 0.6) is 0 Å². The van der Waals surface area contributed by atoms with Crippen LogP contribution in [0.2, 0.25) is 5.02 Å². The van der Waals surface area contributed by atoms with Gasteiger partial charge in [0, 0.05) is 39.8 Å². The van der Waals surface area contributed by atoms with Gasteiger partial charge in [0.25, 0.3) is 0 Å². The summed E-state index contributed by atoms with van der Waals surface area (Å²) in [6.45, 7) is 5.22. The number of rotatable bonds is 3. The molecule has 2 fully saturated rings. The summed E-state index contributed by atoms with van der Waals surface area (Å²) in [5.41, 5.74) is 1.04. The number of aryl methyl sites for hydroxylation is 1. The second-order valence-corrected chi connectivity index (χ2v) is 6.71. The topological polar surface area (TPSA) is 44.6 Å². The molecule has 0 radical (unpaired) electrons. The van der Waals surface area contributed by atoms with E-state index >= 15 is 0 Å². The number of hydrogen-bond acceptors (Lipinski definition) is 4. The van der Waals surface area contributed by atoms with Crippen molar-refractivity contribution < 1.29 is 4.79 Å². The van der Waals surface area contributed by atoms with E-state index in [0.29, 0.717) is 10.9 Å². The van der Waals surface area contributed by atoms with Gasteiger partial charge in [-0.3, -0.25) is 19.3 Å². The maximum atomic E-state index is 12.6. The molecule has 2 aliphatic rings. The number of carbonyl (C=O) groups excluding carboxylic acids is 1. The molecule has 1 aromatic rings. The van der Waals surface area contributed by atoms with Crippen molar-refractivity contribution in [1.29, 1.82) is 0 Å². The molecule has 2 saturated heterocycles.